The van der Waals surface area contributed by atoms with Crippen LogP contribution in [0, 0.1) is 13.8 Å². The van der Waals surface area contributed by atoms with E-state index < -0.39 is 11.9 Å². The maximum atomic E-state index is 12.5. The topological polar surface area (TPSA) is 52.6 Å². The molecular weight excluding hydrogens is 352 g/mol. The van der Waals surface area contributed by atoms with E-state index in [-0.39, 0.29) is 0 Å². The van der Waals surface area contributed by atoms with E-state index in [1.165, 1.54) is 12.1 Å². The van der Waals surface area contributed by atoms with Crippen molar-refractivity contribution in [2.75, 3.05) is 0 Å². The molecule has 0 aliphatic carbocycles. The van der Waals surface area contributed by atoms with Gasteiger partial charge in [0.05, 0.1) is 11.1 Å². The first kappa shape index (κ1) is 19.1. The summed E-state index contributed by atoms with van der Waals surface area (Å²) in [4.78, 5) is 24.9. The highest BCUT2D eigenvalue weighted by Gasteiger charge is 2.16. The summed E-state index contributed by atoms with van der Waals surface area (Å²) in [6.45, 7) is 7.64. The first-order valence-electron chi connectivity index (χ1n) is 8.80. The summed E-state index contributed by atoms with van der Waals surface area (Å²) in [5.74, 6) is -0.116. The number of aryl methyl sites for hydroxylation is 2. The van der Waals surface area contributed by atoms with Crippen LogP contribution in [-0.2, 0) is 0 Å². The maximum Gasteiger partial charge on any atom is 0.344 e. The van der Waals surface area contributed by atoms with Crippen molar-refractivity contribution < 1.29 is 19.1 Å². The summed E-state index contributed by atoms with van der Waals surface area (Å²) in [5, 5.41) is 0. The van der Waals surface area contributed by atoms with E-state index in [0.29, 0.717) is 28.2 Å². The lowest BCUT2D eigenvalue weighted by molar-refractivity contribution is 0.0720. The molecule has 0 aliphatic heterocycles. The highest BCUT2D eigenvalue weighted by Crippen LogP contribution is 2.20. The van der Waals surface area contributed by atoms with Crippen LogP contribution in [0.5, 0.6) is 11.5 Å². The Morgan fingerprint density at radius 1 is 0.750 bits per heavy atom. The molecule has 0 N–H and O–H groups in total. The summed E-state index contributed by atoms with van der Waals surface area (Å²) in [7, 11) is 0. The normalized spacial score (nSPS) is 10.2. The van der Waals surface area contributed by atoms with E-state index in [2.05, 4.69) is 6.58 Å². The number of benzene rings is 3. The van der Waals surface area contributed by atoms with E-state index in [1.807, 2.05) is 38.1 Å². The van der Waals surface area contributed by atoms with Crippen molar-refractivity contribution in [3.05, 3.63) is 101 Å². The van der Waals surface area contributed by atoms with Gasteiger partial charge in [-0.25, -0.2) is 9.59 Å². The molecular formula is C24H20O4. The molecule has 0 radical (unpaired) electrons. The third-order valence-electron chi connectivity index (χ3n) is 4.19. The zero-order valence-corrected chi connectivity index (χ0v) is 15.8. The molecule has 0 saturated carbocycles. The molecule has 0 aliphatic rings. The van der Waals surface area contributed by atoms with Crippen LogP contribution in [0.2, 0.25) is 0 Å². The third kappa shape index (κ3) is 4.54. The van der Waals surface area contributed by atoms with Crippen molar-refractivity contribution in [3.63, 3.8) is 0 Å². The van der Waals surface area contributed by atoms with Gasteiger partial charge in [-0.05, 0) is 61.9 Å². The molecule has 0 unspecified atom stereocenters. The van der Waals surface area contributed by atoms with Crippen LogP contribution in [0.3, 0.4) is 0 Å². The second-order valence-electron chi connectivity index (χ2n) is 6.41. The predicted molar refractivity (Wildman–Crippen MR) is 109 cm³/mol. The molecule has 0 fully saturated rings. The molecule has 0 atom stereocenters. The molecule has 3 rings (SSSR count). The average Bonchev–Trinajstić information content (AvgIpc) is 2.70. The van der Waals surface area contributed by atoms with Crippen molar-refractivity contribution in [1.82, 2.24) is 0 Å². The van der Waals surface area contributed by atoms with E-state index in [0.717, 1.165) is 11.1 Å². The molecule has 4 nitrogen and oxygen atoms in total. The fraction of sp³-hybridized carbons (Fsp3) is 0.0833. The zero-order valence-electron chi connectivity index (χ0n) is 15.8. The van der Waals surface area contributed by atoms with Gasteiger partial charge in [0.15, 0.2) is 0 Å². The highest BCUT2D eigenvalue weighted by atomic mass is 16.5. The largest absolute Gasteiger partial charge is 0.423 e. The zero-order chi connectivity index (χ0) is 20.1. The minimum Gasteiger partial charge on any atom is -0.423 e. The molecule has 4 heteroatoms. The Hall–Kier alpha value is -3.66. The number of esters is 2. The standard InChI is InChI=1S/C24H20O4/c1-4-18-15-19(23(25)27-20-10-5-16(2)6-11-20)9-14-22(18)24(26)28-21-12-7-17(3)8-13-21/h4-15H,1H2,2-3H3. The van der Waals surface area contributed by atoms with Gasteiger partial charge in [-0.3, -0.25) is 0 Å². The number of hydrogen-bond donors (Lipinski definition) is 0. The van der Waals surface area contributed by atoms with Gasteiger partial charge in [0.25, 0.3) is 0 Å². The van der Waals surface area contributed by atoms with Crippen LogP contribution >= 0.6 is 0 Å². The van der Waals surface area contributed by atoms with Crippen LogP contribution in [0.25, 0.3) is 6.08 Å². The molecule has 0 heterocycles. The Labute approximate surface area is 164 Å². The van der Waals surface area contributed by atoms with Gasteiger partial charge in [0.2, 0.25) is 0 Å². The smallest absolute Gasteiger partial charge is 0.344 e. The van der Waals surface area contributed by atoms with Gasteiger partial charge in [-0.1, -0.05) is 48.0 Å². The fourth-order valence-corrected chi connectivity index (χ4v) is 2.59. The number of carbonyl (C=O) groups is 2. The second kappa shape index (κ2) is 8.35. The molecule has 0 spiro atoms. The first-order chi connectivity index (χ1) is 13.5. The van der Waals surface area contributed by atoms with Gasteiger partial charge >= 0.3 is 11.9 Å². The maximum absolute atomic E-state index is 12.5. The monoisotopic (exact) mass is 372 g/mol. The van der Waals surface area contributed by atoms with Crippen LogP contribution < -0.4 is 9.47 Å². The quantitative estimate of drug-likeness (QED) is 0.445. The molecule has 3 aromatic carbocycles. The predicted octanol–water partition coefficient (Wildman–Crippen LogP) is 5.38. The van der Waals surface area contributed by atoms with Crippen LogP contribution in [-0.4, -0.2) is 11.9 Å². The number of ether oxygens (including phenoxy) is 2. The van der Waals surface area contributed by atoms with E-state index >= 15 is 0 Å². The Balaban J connectivity index is 1.78. The van der Waals surface area contributed by atoms with Crippen molar-refractivity contribution in [2.24, 2.45) is 0 Å². The summed E-state index contributed by atoms with van der Waals surface area (Å²) in [5.41, 5.74) is 3.29. The lowest BCUT2D eigenvalue weighted by Crippen LogP contribution is -2.13. The lowest BCUT2D eigenvalue weighted by atomic mass is 10.0. The average molecular weight is 372 g/mol. The summed E-state index contributed by atoms with van der Waals surface area (Å²) >= 11 is 0. The Kier molecular flexibility index (Phi) is 5.70. The lowest BCUT2D eigenvalue weighted by Gasteiger charge is -2.10. The van der Waals surface area contributed by atoms with Crippen LogP contribution in [0.4, 0.5) is 0 Å². The van der Waals surface area contributed by atoms with Gasteiger partial charge in [-0.15, -0.1) is 0 Å². The number of carbonyl (C=O) groups excluding carboxylic acids is 2. The highest BCUT2D eigenvalue weighted by molar-refractivity contribution is 5.98. The van der Waals surface area contributed by atoms with E-state index in [9.17, 15) is 9.59 Å². The van der Waals surface area contributed by atoms with Crippen LogP contribution in [0.1, 0.15) is 37.4 Å². The Morgan fingerprint density at radius 3 is 1.75 bits per heavy atom. The molecule has 28 heavy (non-hydrogen) atoms. The SMILES string of the molecule is C=Cc1cc(C(=O)Oc2ccc(C)cc2)ccc1C(=O)Oc1ccc(C)cc1. The van der Waals surface area contributed by atoms with Crippen molar-refractivity contribution >= 4 is 18.0 Å². The van der Waals surface area contributed by atoms with Gasteiger partial charge in [-0.2, -0.15) is 0 Å². The van der Waals surface area contributed by atoms with Crippen LogP contribution in [0.15, 0.2) is 73.3 Å². The molecule has 140 valence electrons. The van der Waals surface area contributed by atoms with Gasteiger partial charge < -0.3 is 9.47 Å². The molecule has 0 bridgehead atoms. The minimum absolute atomic E-state index is 0.322. The number of rotatable bonds is 5. The molecule has 3 aromatic rings. The number of hydrogen-bond acceptors (Lipinski definition) is 4. The summed E-state index contributed by atoms with van der Waals surface area (Å²) in [6, 6.07) is 19.0. The van der Waals surface area contributed by atoms with Crippen molar-refractivity contribution in [2.45, 2.75) is 13.8 Å². The fourth-order valence-electron chi connectivity index (χ4n) is 2.59. The third-order valence-corrected chi connectivity index (χ3v) is 4.19. The van der Waals surface area contributed by atoms with Gasteiger partial charge in [0, 0.05) is 0 Å². The van der Waals surface area contributed by atoms with E-state index in [1.54, 1.807) is 36.4 Å². The Bertz CT molecular complexity index is 1020. The van der Waals surface area contributed by atoms with Crippen molar-refractivity contribution in [1.29, 1.82) is 0 Å². The Morgan fingerprint density at radius 2 is 1.25 bits per heavy atom. The first-order valence-corrected chi connectivity index (χ1v) is 8.80. The summed E-state index contributed by atoms with van der Waals surface area (Å²) in [6.07, 6.45) is 1.51. The van der Waals surface area contributed by atoms with E-state index in [4.69, 9.17) is 9.47 Å². The molecule has 0 aromatic heterocycles. The van der Waals surface area contributed by atoms with Crippen molar-refractivity contribution in [3.8, 4) is 11.5 Å². The second-order valence-corrected chi connectivity index (χ2v) is 6.41. The minimum atomic E-state index is -0.516. The summed E-state index contributed by atoms with van der Waals surface area (Å²) < 4.78 is 10.8. The molecule has 0 amide bonds. The molecule has 0 saturated heterocycles. The van der Waals surface area contributed by atoms with Gasteiger partial charge in [0.1, 0.15) is 11.5 Å².